The van der Waals surface area contributed by atoms with Gasteiger partial charge in [0, 0.05) is 13.1 Å². The van der Waals surface area contributed by atoms with Gasteiger partial charge in [0.2, 0.25) is 0 Å². The number of hydrogen-bond donors (Lipinski definition) is 2. The Morgan fingerprint density at radius 3 is 2.50 bits per heavy atom. The first-order chi connectivity index (χ1) is 8.49. The number of piperidine rings is 1. The van der Waals surface area contributed by atoms with E-state index in [0.717, 1.165) is 18.8 Å². The van der Waals surface area contributed by atoms with Crippen molar-refractivity contribution in [1.82, 2.24) is 0 Å². The SMILES string of the molecule is CC1CC(C)CN(c2cccc(C(=O)O)c2N)C1. The molecule has 0 radical (unpaired) electrons. The number of rotatable bonds is 2. The van der Waals surface area contributed by atoms with Crippen molar-refractivity contribution in [2.24, 2.45) is 11.8 Å². The molecule has 1 aliphatic heterocycles. The van der Waals surface area contributed by atoms with Crippen LogP contribution in [0.3, 0.4) is 0 Å². The van der Waals surface area contributed by atoms with E-state index < -0.39 is 5.97 Å². The number of anilines is 2. The summed E-state index contributed by atoms with van der Waals surface area (Å²) < 4.78 is 0. The minimum absolute atomic E-state index is 0.193. The van der Waals surface area contributed by atoms with Crippen LogP contribution in [0, 0.1) is 11.8 Å². The monoisotopic (exact) mass is 248 g/mol. The van der Waals surface area contributed by atoms with Crippen LogP contribution in [0.15, 0.2) is 18.2 Å². The molecule has 0 bridgehead atoms. The molecule has 0 aromatic heterocycles. The molecule has 1 aromatic rings. The molecule has 2 rings (SSSR count). The smallest absolute Gasteiger partial charge is 0.337 e. The first-order valence-corrected chi connectivity index (χ1v) is 6.35. The summed E-state index contributed by atoms with van der Waals surface area (Å²) in [4.78, 5) is 13.3. The van der Waals surface area contributed by atoms with Crippen LogP contribution in [0.1, 0.15) is 30.6 Å². The highest BCUT2D eigenvalue weighted by atomic mass is 16.4. The first kappa shape index (κ1) is 12.7. The van der Waals surface area contributed by atoms with Gasteiger partial charge in [-0.15, -0.1) is 0 Å². The molecule has 0 amide bonds. The van der Waals surface area contributed by atoms with Crippen molar-refractivity contribution in [3.8, 4) is 0 Å². The molecule has 1 heterocycles. The minimum Gasteiger partial charge on any atom is -0.478 e. The second-order valence-electron chi connectivity index (χ2n) is 5.39. The van der Waals surface area contributed by atoms with Crippen LogP contribution < -0.4 is 10.6 Å². The molecule has 3 N–H and O–H groups in total. The summed E-state index contributed by atoms with van der Waals surface area (Å²) in [5.41, 5.74) is 7.41. The normalized spacial score (nSPS) is 24.0. The maximum absolute atomic E-state index is 11.1. The summed E-state index contributed by atoms with van der Waals surface area (Å²) in [6.45, 7) is 6.33. The zero-order chi connectivity index (χ0) is 13.3. The van der Waals surface area contributed by atoms with Gasteiger partial charge >= 0.3 is 5.97 Å². The van der Waals surface area contributed by atoms with Gasteiger partial charge in [-0.1, -0.05) is 19.9 Å². The summed E-state index contributed by atoms with van der Waals surface area (Å²) in [5.74, 6) is 0.260. The lowest BCUT2D eigenvalue weighted by Crippen LogP contribution is -2.39. The van der Waals surface area contributed by atoms with E-state index in [4.69, 9.17) is 10.8 Å². The summed E-state index contributed by atoms with van der Waals surface area (Å²) in [7, 11) is 0. The van der Waals surface area contributed by atoms with E-state index in [9.17, 15) is 4.79 Å². The Morgan fingerprint density at radius 2 is 1.94 bits per heavy atom. The average Bonchev–Trinajstić information content (AvgIpc) is 2.27. The third-order valence-corrected chi connectivity index (χ3v) is 3.52. The van der Waals surface area contributed by atoms with Crippen molar-refractivity contribution >= 4 is 17.3 Å². The zero-order valence-corrected chi connectivity index (χ0v) is 10.9. The second kappa shape index (κ2) is 4.88. The number of nitrogens with two attached hydrogens (primary N) is 1. The van der Waals surface area contributed by atoms with E-state index >= 15 is 0 Å². The Balaban J connectivity index is 2.33. The molecule has 1 saturated heterocycles. The molecule has 0 saturated carbocycles. The molecule has 18 heavy (non-hydrogen) atoms. The number of benzene rings is 1. The van der Waals surface area contributed by atoms with Gasteiger partial charge in [0.15, 0.2) is 0 Å². The van der Waals surface area contributed by atoms with Gasteiger partial charge < -0.3 is 15.7 Å². The molecule has 0 spiro atoms. The molecule has 1 fully saturated rings. The quantitative estimate of drug-likeness (QED) is 0.789. The van der Waals surface area contributed by atoms with Gasteiger partial charge in [-0.3, -0.25) is 0 Å². The molecule has 1 aliphatic rings. The number of carbonyl (C=O) groups is 1. The molecule has 4 nitrogen and oxygen atoms in total. The van der Waals surface area contributed by atoms with Crippen molar-refractivity contribution in [3.05, 3.63) is 23.8 Å². The third kappa shape index (κ3) is 2.42. The van der Waals surface area contributed by atoms with Crippen molar-refractivity contribution in [2.75, 3.05) is 23.7 Å². The highest BCUT2D eigenvalue weighted by Crippen LogP contribution is 2.32. The Kier molecular flexibility index (Phi) is 3.45. The molecule has 0 aliphatic carbocycles. The Morgan fingerprint density at radius 1 is 1.33 bits per heavy atom. The van der Waals surface area contributed by atoms with E-state index in [1.807, 2.05) is 6.07 Å². The summed E-state index contributed by atoms with van der Waals surface area (Å²) in [6, 6.07) is 5.23. The highest BCUT2D eigenvalue weighted by Gasteiger charge is 2.24. The van der Waals surface area contributed by atoms with Crippen molar-refractivity contribution in [3.63, 3.8) is 0 Å². The van der Waals surface area contributed by atoms with Crippen LogP contribution in [0.25, 0.3) is 0 Å². The van der Waals surface area contributed by atoms with Crippen LogP contribution in [-0.2, 0) is 0 Å². The van der Waals surface area contributed by atoms with Gasteiger partial charge in [-0.05, 0) is 30.4 Å². The van der Waals surface area contributed by atoms with Crippen molar-refractivity contribution < 1.29 is 9.90 Å². The van der Waals surface area contributed by atoms with Gasteiger partial charge in [-0.2, -0.15) is 0 Å². The molecular weight excluding hydrogens is 228 g/mol. The number of carboxylic acids is 1. The van der Waals surface area contributed by atoms with E-state index in [-0.39, 0.29) is 5.56 Å². The standard InChI is InChI=1S/C14H20N2O2/c1-9-6-10(2)8-16(7-9)12-5-3-4-11(13(12)15)14(17)18/h3-5,9-10H,6-8,15H2,1-2H3,(H,17,18). The van der Waals surface area contributed by atoms with Gasteiger partial charge in [0.05, 0.1) is 16.9 Å². The molecule has 2 atom stereocenters. The zero-order valence-electron chi connectivity index (χ0n) is 10.9. The number of nitrogens with zero attached hydrogens (tertiary/aromatic N) is 1. The fourth-order valence-corrected chi connectivity index (χ4v) is 2.87. The molecule has 98 valence electrons. The van der Waals surface area contributed by atoms with Crippen molar-refractivity contribution in [2.45, 2.75) is 20.3 Å². The number of carboxylic acid groups (broad SMARTS) is 1. The Bertz CT molecular complexity index is 449. The number of hydrogen-bond acceptors (Lipinski definition) is 3. The lowest BCUT2D eigenvalue weighted by Gasteiger charge is -2.37. The topological polar surface area (TPSA) is 66.6 Å². The fraction of sp³-hybridized carbons (Fsp3) is 0.500. The van der Waals surface area contributed by atoms with E-state index in [1.165, 1.54) is 6.42 Å². The predicted molar refractivity (Wildman–Crippen MR) is 73.0 cm³/mol. The second-order valence-corrected chi connectivity index (χ2v) is 5.39. The van der Waals surface area contributed by atoms with Crippen LogP contribution in [0.4, 0.5) is 11.4 Å². The fourth-order valence-electron chi connectivity index (χ4n) is 2.87. The van der Waals surface area contributed by atoms with Crippen LogP contribution in [0.5, 0.6) is 0 Å². The van der Waals surface area contributed by atoms with Gasteiger partial charge in [0.1, 0.15) is 0 Å². The summed E-state index contributed by atoms with van der Waals surface area (Å²) in [5, 5.41) is 9.09. The maximum Gasteiger partial charge on any atom is 0.337 e. The highest BCUT2D eigenvalue weighted by molar-refractivity contribution is 5.97. The average molecular weight is 248 g/mol. The molecular formula is C14H20N2O2. The van der Waals surface area contributed by atoms with Crippen molar-refractivity contribution in [1.29, 1.82) is 0 Å². The first-order valence-electron chi connectivity index (χ1n) is 6.35. The summed E-state index contributed by atoms with van der Waals surface area (Å²) in [6.07, 6.45) is 1.22. The number of para-hydroxylation sites is 1. The van der Waals surface area contributed by atoms with E-state index in [2.05, 4.69) is 18.7 Å². The van der Waals surface area contributed by atoms with Crippen LogP contribution in [-0.4, -0.2) is 24.2 Å². The molecule has 4 heteroatoms. The third-order valence-electron chi connectivity index (χ3n) is 3.52. The van der Waals surface area contributed by atoms with Crippen LogP contribution >= 0.6 is 0 Å². The van der Waals surface area contributed by atoms with Gasteiger partial charge in [0.25, 0.3) is 0 Å². The lowest BCUT2D eigenvalue weighted by atomic mass is 9.91. The largest absolute Gasteiger partial charge is 0.478 e. The molecule has 2 unspecified atom stereocenters. The van der Waals surface area contributed by atoms with Gasteiger partial charge in [-0.25, -0.2) is 4.79 Å². The number of aromatic carboxylic acids is 1. The molecule has 1 aromatic carbocycles. The lowest BCUT2D eigenvalue weighted by molar-refractivity contribution is 0.0698. The number of nitrogen functional groups attached to an aromatic ring is 1. The summed E-state index contributed by atoms with van der Waals surface area (Å²) >= 11 is 0. The van der Waals surface area contributed by atoms with E-state index in [1.54, 1.807) is 12.1 Å². The Hall–Kier alpha value is -1.71. The van der Waals surface area contributed by atoms with Crippen LogP contribution in [0.2, 0.25) is 0 Å². The van der Waals surface area contributed by atoms with E-state index in [0.29, 0.717) is 17.5 Å². The minimum atomic E-state index is -0.965. The Labute approximate surface area is 107 Å². The predicted octanol–water partition coefficient (Wildman–Crippen LogP) is 2.45. The maximum atomic E-state index is 11.1.